The van der Waals surface area contributed by atoms with Crippen molar-refractivity contribution >= 4 is 5.97 Å². The lowest BCUT2D eigenvalue weighted by molar-refractivity contribution is -0.336. The Morgan fingerprint density at radius 1 is 0.691 bits per heavy atom. The Bertz CT molecular complexity index is 1410. The zero-order valence-electron chi connectivity index (χ0n) is 32.9. The van der Waals surface area contributed by atoms with Gasteiger partial charge in [0.05, 0.1) is 54.4 Å². The molecule has 14 nitrogen and oxygen atoms in total. The first kappa shape index (κ1) is 40.5. The fourth-order valence-electron chi connectivity index (χ4n) is 12.9. The van der Waals surface area contributed by atoms with Gasteiger partial charge in [-0.2, -0.15) is 0 Å². The van der Waals surface area contributed by atoms with E-state index < -0.39 is 90.9 Å². The number of carbonyl (C=O) groups is 1. The van der Waals surface area contributed by atoms with Gasteiger partial charge in [0.2, 0.25) is 0 Å². The van der Waals surface area contributed by atoms with Gasteiger partial charge < -0.3 is 63.8 Å². The number of cyclic esters (lactones) is 1. The Morgan fingerprint density at radius 2 is 1.29 bits per heavy atom. The molecule has 0 unspecified atom stereocenters. The highest BCUT2D eigenvalue weighted by molar-refractivity contribution is 5.85. The molecule has 0 aromatic rings. The van der Waals surface area contributed by atoms with E-state index in [0.29, 0.717) is 18.3 Å². The fourth-order valence-corrected chi connectivity index (χ4v) is 12.9. The summed E-state index contributed by atoms with van der Waals surface area (Å²) in [5.74, 6) is 0.174. The first-order valence-electron chi connectivity index (χ1n) is 20.9. The Morgan fingerprint density at radius 3 is 1.87 bits per heavy atom. The Kier molecular flexibility index (Phi) is 11.1. The van der Waals surface area contributed by atoms with E-state index in [9.17, 15) is 35.4 Å². The molecular weight excluding hydrogens is 716 g/mol. The Hall–Kier alpha value is -1.27. The molecule has 14 heteroatoms. The fraction of sp³-hybridized carbons (Fsp3) is 0.927. The average molecular weight is 781 g/mol. The molecule has 7 fully saturated rings. The predicted molar refractivity (Wildman–Crippen MR) is 193 cm³/mol. The van der Waals surface area contributed by atoms with Crippen LogP contribution < -0.4 is 0 Å². The van der Waals surface area contributed by atoms with E-state index in [1.54, 1.807) is 13.8 Å². The van der Waals surface area contributed by atoms with Crippen LogP contribution in [-0.4, -0.2) is 135 Å². The SMILES string of the molecule is C[C@H]1O[C@@H](O[C@@H]2[C@H](O)C[C@@H](O[C@@H]3[C@H](O)C[C@@H](O[C@H]4CC[C@@]5(C)[C@@H](CC[C@H]6[C@H]5CC[C@]5(C)[C@H](C7=CC(=O)OC7)[C@H](O)C[C@]65O)C4)O[C@@H]3C)O[C@@H]2C)C[C@@H](O)[C@@H]1O. The molecule has 6 N–H and O–H groups in total. The number of carbonyl (C=O) groups excluding carboxylic acids is 1. The van der Waals surface area contributed by atoms with Crippen LogP contribution in [0, 0.1) is 34.5 Å². The molecule has 0 amide bonds. The van der Waals surface area contributed by atoms with Crippen LogP contribution in [0.15, 0.2) is 11.6 Å². The lowest BCUT2D eigenvalue weighted by Crippen LogP contribution is -2.62. The molecule has 21 atom stereocenters. The molecule has 0 aromatic carbocycles. The number of aliphatic hydroxyl groups is 6. The van der Waals surface area contributed by atoms with Gasteiger partial charge in [-0.25, -0.2) is 4.79 Å². The highest BCUT2D eigenvalue weighted by Crippen LogP contribution is 2.70. The summed E-state index contributed by atoms with van der Waals surface area (Å²) in [4.78, 5) is 12.0. The molecule has 0 bridgehead atoms. The maximum Gasteiger partial charge on any atom is 0.331 e. The number of esters is 1. The van der Waals surface area contributed by atoms with Gasteiger partial charge in [-0.1, -0.05) is 13.8 Å². The largest absolute Gasteiger partial charge is 0.458 e. The van der Waals surface area contributed by atoms with Crippen LogP contribution in [0.4, 0.5) is 0 Å². The lowest BCUT2D eigenvalue weighted by Gasteiger charge is -2.63. The molecule has 8 rings (SSSR count). The number of hydrogen-bond donors (Lipinski definition) is 6. The Labute approximate surface area is 323 Å². The third kappa shape index (κ3) is 7.05. The highest BCUT2D eigenvalue weighted by atomic mass is 16.7. The molecule has 3 saturated heterocycles. The van der Waals surface area contributed by atoms with Crippen LogP contribution >= 0.6 is 0 Å². The summed E-state index contributed by atoms with van der Waals surface area (Å²) in [6.45, 7) is 9.98. The van der Waals surface area contributed by atoms with Crippen molar-refractivity contribution in [3.05, 3.63) is 11.6 Å². The highest BCUT2D eigenvalue weighted by Gasteiger charge is 2.70. The monoisotopic (exact) mass is 780 g/mol. The van der Waals surface area contributed by atoms with Crippen LogP contribution in [0.5, 0.6) is 0 Å². The van der Waals surface area contributed by atoms with Gasteiger partial charge >= 0.3 is 5.97 Å². The summed E-state index contributed by atoms with van der Waals surface area (Å²) in [5.41, 5.74) is -0.686. The topological polar surface area (TPSA) is 203 Å². The number of hydrogen-bond acceptors (Lipinski definition) is 14. The van der Waals surface area contributed by atoms with Crippen molar-refractivity contribution in [3.8, 4) is 0 Å². The van der Waals surface area contributed by atoms with Crippen molar-refractivity contribution in [2.24, 2.45) is 34.5 Å². The molecule has 4 aliphatic heterocycles. The van der Waals surface area contributed by atoms with Gasteiger partial charge in [0.1, 0.15) is 24.9 Å². The van der Waals surface area contributed by atoms with E-state index in [4.69, 9.17) is 33.2 Å². The van der Waals surface area contributed by atoms with Gasteiger partial charge in [0.15, 0.2) is 18.9 Å². The molecule has 8 aliphatic rings. The van der Waals surface area contributed by atoms with Gasteiger partial charge in [0.25, 0.3) is 0 Å². The number of rotatable bonds is 7. The molecule has 55 heavy (non-hydrogen) atoms. The van der Waals surface area contributed by atoms with E-state index in [1.807, 2.05) is 6.92 Å². The van der Waals surface area contributed by atoms with Crippen LogP contribution in [0.25, 0.3) is 0 Å². The van der Waals surface area contributed by atoms with Gasteiger partial charge in [-0.3, -0.25) is 0 Å². The average Bonchev–Trinajstić information content (AvgIpc) is 3.62. The van der Waals surface area contributed by atoms with Crippen LogP contribution in [0.1, 0.15) is 105 Å². The standard InChI is InChI=1S/C41H64O14/c1-19-36(47)27(42)14-33(50-19)54-38-21(3)52-34(16-29(38)44)55-37-20(2)51-32(15-28(37)43)53-24-8-10-39(4)23(13-24)6-7-26-25(39)9-11-40(5)35(22-12-31(46)49-18-22)30(45)17-41(26,40)48/h12,19-21,23-30,32-38,42-45,47-48H,6-11,13-18H2,1-5H3/t19-,20-,21-,23+,24+,25-,26+,27-,28-,29-,30-,32-,33+,34-,35-,36-,37+,38+,39+,40-,41+/m1/s1. The molecule has 312 valence electrons. The van der Waals surface area contributed by atoms with E-state index in [1.165, 1.54) is 6.08 Å². The van der Waals surface area contributed by atoms with Crippen molar-refractivity contribution in [1.82, 2.24) is 0 Å². The van der Waals surface area contributed by atoms with Crippen LogP contribution in [0.3, 0.4) is 0 Å². The molecule has 4 heterocycles. The van der Waals surface area contributed by atoms with E-state index >= 15 is 0 Å². The van der Waals surface area contributed by atoms with Crippen molar-refractivity contribution in [2.45, 2.75) is 197 Å². The lowest BCUT2D eigenvalue weighted by atomic mass is 9.43. The third-order valence-corrected chi connectivity index (χ3v) is 15.8. The van der Waals surface area contributed by atoms with Gasteiger partial charge in [0, 0.05) is 43.1 Å². The zero-order chi connectivity index (χ0) is 39.2. The molecule has 4 saturated carbocycles. The van der Waals surface area contributed by atoms with Crippen LogP contribution in [0.2, 0.25) is 0 Å². The molecule has 0 radical (unpaired) electrons. The first-order chi connectivity index (χ1) is 26.0. The van der Waals surface area contributed by atoms with Gasteiger partial charge in [-0.15, -0.1) is 0 Å². The summed E-state index contributed by atoms with van der Waals surface area (Å²) >= 11 is 0. The third-order valence-electron chi connectivity index (χ3n) is 15.8. The van der Waals surface area contributed by atoms with Crippen molar-refractivity contribution < 1.29 is 68.6 Å². The maximum absolute atomic E-state index is 12.6. The summed E-state index contributed by atoms with van der Waals surface area (Å²) in [5, 5.41) is 66.3. The summed E-state index contributed by atoms with van der Waals surface area (Å²) in [7, 11) is 0. The minimum absolute atomic E-state index is 0.0203. The predicted octanol–water partition coefficient (Wildman–Crippen LogP) is 2.22. The van der Waals surface area contributed by atoms with Crippen LogP contribution in [-0.2, 0) is 38.0 Å². The minimum atomic E-state index is -1.01. The molecule has 0 aromatic heterocycles. The Balaban J connectivity index is 0.834. The smallest absolute Gasteiger partial charge is 0.331 e. The van der Waals surface area contributed by atoms with Crippen molar-refractivity contribution in [1.29, 1.82) is 0 Å². The maximum atomic E-state index is 12.6. The summed E-state index contributed by atoms with van der Waals surface area (Å²) in [6, 6.07) is 0. The summed E-state index contributed by atoms with van der Waals surface area (Å²) < 4.78 is 42.1. The number of aliphatic hydroxyl groups excluding tert-OH is 5. The minimum Gasteiger partial charge on any atom is -0.458 e. The normalized spacial score (nSPS) is 55.5. The molecule has 0 spiro atoms. The number of fused-ring (bicyclic) bond motifs is 5. The van der Waals surface area contributed by atoms with Crippen molar-refractivity contribution in [3.63, 3.8) is 0 Å². The molecule has 4 aliphatic carbocycles. The number of ether oxygens (including phenoxy) is 7. The molecular formula is C41H64O14. The second-order valence-corrected chi connectivity index (χ2v) is 18.9. The van der Waals surface area contributed by atoms with E-state index in [0.717, 1.165) is 50.5 Å². The summed E-state index contributed by atoms with van der Waals surface area (Å²) in [6.07, 6.45) is -1.26. The first-order valence-corrected chi connectivity index (χ1v) is 20.9. The van der Waals surface area contributed by atoms with Crippen molar-refractivity contribution in [2.75, 3.05) is 6.61 Å². The van der Waals surface area contributed by atoms with E-state index in [2.05, 4.69) is 13.8 Å². The van der Waals surface area contributed by atoms with E-state index in [-0.39, 0.29) is 55.2 Å². The zero-order valence-corrected chi connectivity index (χ0v) is 32.9. The van der Waals surface area contributed by atoms with Gasteiger partial charge in [-0.05, 0) is 94.5 Å². The quantitative estimate of drug-likeness (QED) is 0.162. The second kappa shape index (κ2) is 15.1. The second-order valence-electron chi connectivity index (χ2n) is 18.9.